The normalized spacial score (nSPS) is 18.9. The standard InChI is InChI=1S/C14H12F3NOS/c15-14(16,17)9-4-1-3-8(7-9)13-18-12-10(19)5-2-6-11(12)20-13/h1,3-4,7,10,19H,2,5-6H2. The van der Waals surface area contributed by atoms with Crippen LogP contribution in [0.1, 0.15) is 35.1 Å². The second-order valence-electron chi connectivity index (χ2n) is 4.81. The molecular weight excluding hydrogens is 287 g/mol. The lowest BCUT2D eigenvalue weighted by Crippen LogP contribution is -2.07. The van der Waals surface area contributed by atoms with Gasteiger partial charge < -0.3 is 5.11 Å². The second kappa shape index (κ2) is 4.86. The lowest BCUT2D eigenvalue weighted by molar-refractivity contribution is -0.137. The van der Waals surface area contributed by atoms with Crippen LogP contribution in [0.5, 0.6) is 0 Å². The van der Waals surface area contributed by atoms with Gasteiger partial charge in [-0.15, -0.1) is 11.3 Å². The van der Waals surface area contributed by atoms with E-state index in [0.717, 1.165) is 29.9 Å². The van der Waals surface area contributed by atoms with Crippen LogP contribution in [0.15, 0.2) is 24.3 Å². The molecule has 0 aliphatic heterocycles. The summed E-state index contributed by atoms with van der Waals surface area (Å²) in [6, 6.07) is 5.16. The number of aryl methyl sites for hydroxylation is 1. The zero-order valence-corrected chi connectivity index (χ0v) is 11.3. The Balaban J connectivity index is 2.02. The molecule has 1 unspecified atom stereocenters. The van der Waals surface area contributed by atoms with Gasteiger partial charge in [0.15, 0.2) is 0 Å². The molecule has 0 saturated heterocycles. The fourth-order valence-corrected chi connectivity index (χ4v) is 3.50. The maximum atomic E-state index is 12.7. The summed E-state index contributed by atoms with van der Waals surface area (Å²) in [7, 11) is 0. The Kier molecular flexibility index (Phi) is 3.30. The quantitative estimate of drug-likeness (QED) is 0.856. The molecule has 0 radical (unpaired) electrons. The summed E-state index contributed by atoms with van der Waals surface area (Å²) in [5, 5.41) is 10.4. The number of hydrogen-bond donors (Lipinski definition) is 1. The molecule has 1 aromatic heterocycles. The monoisotopic (exact) mass is 299 g/mol. The Hall–Kier alpha value is -1.40. The number of aromatic nitrogens is 1. The van der Waals surface area contributed by atoms with Gasteiger partial charge in [-0.3, -0.25) is 0 Å². The van der Waals surface area contributed by atoms with Gasteiger partial charge in [-0.1, -0.05) is 12.1 Å². The van der Waals surface area contributed by atoms with Gasteiger partial charge in [0, 0.05) is 10.4 Å². The van der Waals surface area contributed by atoms with Crippen molar-refractivity contribution < 1.29 is 18.3 Å². The molecule has 1 N–H and O–H groups in total. The average Bonchev–Trinajstić information content (AvgIpc) is 2.83. The smallest absolute Gasteiger partial charge is 0.387 e. The number of halogens is 3. The van der Waals surface area contributed by atoms with Crippen molar-refractivity contribution in [2.75, 3.05) is 0 Å². The molecule has 2 aromatic rings. The highest BCUT2D eigenvalue weighted by molar-refractivity contribution is 7.15. The van der Waals surface area contributed by atoms with Crippen molar-refractivity contribution in [1.29, 1.82) is 0 Å². The minimum absolute atomic E-state index is 0.450. The minimum Gasteiger partial charge on any atom is -0.387 e. The van der Waals surface area contributed by atoms with E-state index in [1.165, 1.54) is 17.4 Å². The Bertz CT molecular complexity index is 636. The first kappa shape index (κ1) is 13.6. The highest BCUT2D eigenvalue weighted by Gasteiger charge is 2.31. The number of hydrogen-bond acceptors (Lipinski definition) is 3. The van der Waals surface area contributed by atoms with E-state index in [1.807, 2.05) is 0 Å². The van der Waals surface area contributed by atoms with Crippen LogP contribution in [-0.4, -0.2) is 10.1 Å². The molecule has 0 spiro atoms. The van der Waals surface area contributed by atoms with E-state index in [-0.39, 0.29) is 0 Å². The van der Waals surface area contributed by atoms with Crippen LogP contribution in [0.3, 0.4) is 0 Å². The van der Waals surface area contributed by atoms with Gasteiger partial charge in [0.1, 0.15) is 5.01 Å². The third kappa shape index (κ3) is 2.45. The topological polar surface area (TPSA) is 33.1 Å². The molecule has 1 heterocycles. The van der Waals surface area contributed by atoms with Crippen molar-refractivity contribution in [1.82, 2.24) is 4.98 Å². The SMILES string of the molecule is OC1CCCc2sc(-c3cccc(C(F)(F)F)c3)nc21. The molecule has 0 fully saturated rings. The second-order valence-corrected chi connectivity index (χ2v) is 5.90. The predicted octanol–water partition coefficient (Wildman–Crippen LogP) is 4.20. The van der Waals surface area contributed by atoms with Crippen LogP contribution >= 0.6 is 11.3 Å². The Labute approximate surface area is 117 Å². The van der Waals surface area contributed by atoms with E-state index in [0.29, 0.717) is 22.7 Å². The van der Waals surface area contributed by atoms with Crippen molar-refractivity contribution in [3.63, 3.8) is 0 Å². The van der Waals surface area contributed by atoms with Crippen molar-refractivity contribution in [3.05, 3.63) is 40.4 Å². The van der Waals surface area contributed by atoms with E-state index in [9.17, 15) is 18.3 Å². The Morgan fingerprint density at radius 3 is 2.80 bits per heavy atom. The predicted molar refractivity (Wildman–Crippen MR) is 70.4 cm³/mol. The average molecular weight is 299 g/mol. The number of aliphatic hydroxyl groups is 1. The molecular formula is C14H12F3NOS. The number of aliphatic hydroxyl groups excluding tert-OH is 1. The molecule has 1 aliphatic rings. The first-order chi connectivity index (χ1) is 9.45. The largest absolute Gasteiger partial charge is 0.416 e. The van der Waals surface area contributed by atoms with Crippen LogP contribution in [-0.2, 0) is 12.6 Å². The zero-order valence-electron chi connectivity index (χ0n) is 10.4. The molecule has 106 valence electrons. The summed E-state index contributed by atoms with van der Waals surface area (Å²) in [6.45, 7) is 0. The lowest BCUT2D eigenvalue weighted by Gasteiger charge is -2.14. The van der Waals surface area contributed by atoms with Gasteiger partial charge in [0.25, 0.3) is 0 Å². The van der Waals surface area contributed by atoms with Gasteiger partial charge in [-0.2, -0.15) is 13.2 Å². The van der Waals surface area contributed by atoms with Gasteiger partial charge in [-0.25, -0.2) is 4.98 Å². The van der Waals surface area contributed by atoms with Crippen LogP contribution in [0, 0.1) is 0 Å². The first-order valence-corrected chi connectivity index (χ1v) is 7.12. The summed E-state index contributed by atoms with van der Waals surface area (Å²) in [5.41, 5.74) is 0.406. The van der Waals surface area contributed by atoms with Crippen molar-refractivity contribution in [2.45, 2.75) is 31.5 Å². The Morgan fingerprint density at radius 1 is 1.30 bits per heavy atom. The minimum atomic E-state index is -4.35. The van der Waals surface area contributed by atoms with Crippen LogP contribution < -0.4 is 0 Å². The van der Waals surface area contributed by atoms with E-state index in [1.54, 1.807) is 6.07 Å². The number of rotatable bonds is 1. The molecule has 0 amide bonds. The molecule has 1 atom stereocenters. The van der Waals surface area contributed by atoms with E-state index >= 15 is 0 Å². The van der Waals surface area contributed by atoms with Gasteiger partial charge in [-0.05, 0) is 31.4 Å². The highest BCUT2D eigenvalue weighted by Crippen LogP contribution is 2.38. The van der Waals surface area contributed by atoms with Crippen LogP contribution in [0.4, 0.5) is 13.2 Å². The molecule has 0 bridgehead atoms. The van der Waals surface area contributed by atoms with Gasteiger partial charge in [0.2, 0.25) is 0 Å². The number of fused-ring (bicyclic) bond motifs is 1. The number of benzene rings is 1. The molecule has 3 rings (SSSR count). The zero-order chi connectivity index (χ0) is 14.3. The first-order valence-electron chi connectivity index (χ1n) is 6.30. The van der Waals surface area contributed by atoms with Gasteiger partial charge >= 0.3 is 6.18 Å². The maximum absolute atomic E-state index is 12.7. The fourth-order valence-electron chi connectivity index (χ4n) is 2.35. The molecule has 1 aromatic carbocycles. The molecule has 20 heavy (non-hydrogen) atoms. The van der Waals surface area contributed by atoms with Crippen molar-refractivity contribution in [2.24, 2.45) is 0 Å². The highest BCUT2D eigenvalue weighted by atomic mass is 32.1. The van der Waals surface area contributed by atoms with Crippen LogP contribution in [0.2, 0.25) is 0 Å². The number of alkyl halides is 3. The molecule has 6 heteroatoms. The third-order valence-corrected chi connectivity index (χ3v) is 4.54. The maximum Gasteiger partial charge on any atom is 0.416 e. The molecule has 1 aliphatic carbocycles. The molecule has 2 nitrogen and oxygen atoms in total. The van der Waals surface area contributed by atoms with E-state index in [4.69, 9.17) is 0 Å². The summed E-state index contributed by atoms with van der Waals surface area (Å²) >= 11 is 1.37. The fraction of sp³-hybridized carbons (Fsp3) is 0.357. The van der Waals surface area contributed by atoms with E-state index < -0.39 is 17.8 Å². The van der Waals surface area contributed by atoms with Gasteiger partial charge in [0.05, 0.1) is 17.4 Å². The summed E-state index contributed by atoms with van der Waals surface area (Å²) in [5.74, 6) is 0. The lowest BCUT2D eigenvalue weighted by atomic mass is 10.0. The number of thiazole rings is 1. The van der Waals surface area contributed by atoms with E-state index in [2.05, 4.69) is 4.98 Å². The number of nitrogens with zero attached hydrogens (tertiary/aromatic N) is 1. The summed E-state index contributed by atoms with van der Waals surface area (Å²) < 4.78 is 38.1. The summed E-state index contributed by atoms with van der Waals surface area (Å²) in [4.78, 5) is 5.31. The van der Waals surface area contributed by atoms with Crippen molar-refractivity contribution >= 4 is 11.3 Å². The Morgan fingerprint density at radius 2 is 2.10 bits per heavy atom. The summed E-state index contributed by atoms with van der Waals surface area (Å²) in [6.07, 6.45) is -2.55. The molecule has 0 saturated carbocycles. The third-order valence-electron chi connectivity index (χ3n) is 3.36. The van der Waals surface area contributed by atoms with Crippen LogP contribution in [0.25, 0.3) is 10.6 Å². The van der Waals surface area contributed by atoms with Crippen molar-refractivity contribution in [3.8, 4) is 10.6 Å².